The normalized spacial score (nSPS) is 18.6. The summed E-state index contributed by atoms with van der Waals surface area (Å²) in [4.78, 5) is 6.47. The van der Waals surface area contributed by atoms with Crippen LogP contribution in [-0.2, 0) is 0 Å². The van der Waals surface area contributed by atoms with Gasteiger partial charge in [0.2, 0.25) is 0 Å². The van der Waals surface area contributed by atoms with Crippen LogP contribution >= 0.6 is 92.2 Å². The zero-order chi connectivity index (χ0) is 21.8. The maximum atomic E-state index is 2.70. The lowest BCUT2D eigenvalue weighted by atomic mass is 10.1. The quantitative estimate of drug-likeness (QED) is 0.198. The molecule has 0 nitrogen and oxygen atoms in total. The Morgan fingerprint density at radius 3 is 0.933 bits per heavy atom. The van der Waals surface area contributed by atoms with E-state index in [1.807, 2.05) is 0 Å². The molecule has 0 N–H and O–H groups in total. The van der Waals surface area contributed by atoms with Gasteiger partial charge in [0.25, 0.3) is 0 Å². The van der Waals surface area contributed by atoms with Crippen molar-refractivity contribution in [3.63, 3.8) is 0 Å². The number of hydrogen-bond donors (Lipinski definition) is 0. The van der Waals surface area contributed by atoms with Gasteiger partial charge < -0.3 is 0 Å². The Hall–Kier alpha value is 2.08. The van der Waals surface area contributed by atoms with Crippen LogP contribution in [0, 0.1) is 7.14 Å². The molecule has 0 aliphatic carbocycles. The Morgan fingerprint density at radius 2 is 0.733 bits per heavy atom. The Balaban J connectivity index is 1.92. The van der Waals surface area contributed by atoms with Gasteiger partial charge in [-0.1, -0.05) is 79.1 Å². The fourth-order valence-corrected chi connectivity index (χ4v) is 14.3. The van der Waals surface area contributed by atoms with Gasteiger partial charge in [-0.15, -0.1) is 47.0 Å². The smallest absolute Gasteiger partial charge is 0.0706 e. The summed E-state index contributed by atoms with van der Waals surface area (Å²) in [6.07, 6.45) is 16.0. The zero-order valence-electron chi connectivity index (χ0n) is 18.9. The summed E-state index contributed by atoms with van der Waals surface area (Å²) < 4.78 is 3.88. The third kappa shape index (κ3) is 5.83. The van der Waals surface area contributed by atoms with Crippen molar-refractivity contribution in [2.24, 2.45) is 0 Å². The highest BCUT2D eigenvalue weighted by molar-refractivity contribution is 14.1. The van der Waals surface area contributed by atoms with Crippen LogP contribution in [-0.4, -0.2) is 8.16 Å². The molecule has 0 bridgehead atoms. The van der Waals surface area contributed by atoms with Crippen molar-refractivity contribution < 1.29 is 0 Å². The molecular weight excluding hydrogens is 670 g/mol. The van der Waals surface area contributed by atoms with E-state index < -0.39 is 0 Å². The van der Waals surface area contributed by atoms with E-state index >= 15 is 0 Å². The molecule has 0 unspecified atom stereocenters. The lowest BCUT2D eigenvalue weighted by Gasteiger charge is -2.28. The van der Waals surface area contributed by atoms with Gasteiger partial charge in [-0.05, 0) is 70.9 Å². The van der Waals surface area contributed by atoms with Crippen molar-refractivity contribution in [2.75, 3.05) is 0 Å². The number of fused-ring (bicyclic) bond motifs is 2. The average Bonchev–Trinajstić information content (AvgIpc) is 3.33. The van der Waals surface area contributed by atoms with Gasteiger partial charge in [0.05, 0.1) is 8.16 Å². The SMILES string of the molecule is CCCCC1(CCCC)Sc2c(I)c3c(c(I)c2S1)SC(CCCC)(CCCC)S3. The van der Waals surface area contributed by atoms with Crippen molar-refractivity contribution in [1.29, 1.82) is 0 Å². The van der Waals surface area contributed by atoms with Crippen LogP contribution < -0.4 is 0 Å². The summed E-state index contributed by atoms with van der Waals surface area (Å²) in [5, 5.41) is 0. The molecule has 1 aromatic rings. The summed E-state index contributed by atoms with van der Waals surface area (Å²) in [5.41, 5.74) is 0. The largest absolute Gasteiger partial charge is 0.106 e. The summed E-state index contributed by atoms with van der Waals surface area (Å²) in [5.74, 6) is 0. The number of benzene rings is 1. The van der Waals surface area contributed by atoms with Crippen molar-refractivity contribution in [3.05, 3.63) is 7.14 Å². The lowest BCUT2D eigenvalue weighted by molar-refractivity contribution is 0.586. The van der Waals surface area contributed by atoms with Gasteiger partial charge in [-0.2, -0.15) is 0 Å². The Labute approximate surface area is 229 Å². The molecule has 0 aromatic heterocycles. The van der Waals surface area contributed by atoms with E-state index in [1.54, 1.807) is 26.7 Å². The Bertz CT molecular complexity index is 616. The molecule has 2 aliphatic heterocycles. The number of hydrogen-bond acceptors (Lipinski definition) is 4. The average molecular weight is 707 g/mol. The minimum atomic E-state index is 0.375. The van der Waals surface area contributed by atoms with Crippen LogP contribution in [0.4, 0.5) is 0 Å². The monoisotopic (exact) mass is 706 g/mol. The van der Waals surface area contributed by atoms with Crippen LogP contribution in [0.1, 0.15) is 105 Å². The van der Waals surface area contributed by atoms with Crippen molar-refractivity contribution in [1.82, 2.24) is 0 Å². The number of thioether (sulfide) groups is 4. The first-order valence-electron chi connectivity index (χ1n) is 11.8. The highest BCUT2D eigenvalue weighted by Gasteiger charge is 2.46. The molecule has 6 heteroatoms. The minimum Gasteiger partial charge on any atom is -0.106 e. The molecule has 0 atom stereocenters. The molecule has 0 fully saturated rings. The third-order valence-electron chi connectivity index (χ3n) is 6.01. The summed E-state index contributed by atoms with van der Waals surface area (Å²) in [6, 6.07) is 0. The molecule has 2 aliphatic rings. The molecule has 0 amide bonds. The molecule has 0 spiro atoms. The predicted molar refractivity (Wildman–Crippen MR) is 159 cm³/mol. The molecule has 0 saturated carbocycles. The van der Waals surface area contributed by atoms with E-state index in [0.29, 0.717) is 8.16 Å². The first-order valence-corrected chi connectivity index (χ1v) is 17.2. The van der Waals surface area contributed by atoms with Gasteiger partial charge >= 0.3 is 0 Å². The molecule has 0 saturated heterocycles. The van der Waals surface area contributed by atoms with Crippen molar-refractivity contribution in [2.45, 2.75) is 132 Å². The Morgan fingerprint density at radius 1 is 0.500 bits per heavy atom. The second-order valence-corrected chi connectivity index (χ2v) is 16.8. The van der Waals surface area contributed by atoms with E-state index in [-0.39, 0.29) is 0 Å². The van der Waals surface area contributed by atoms with E-state index in [9.17, 15) is 0 Å². The van der Waals surface area contributed by atoms with E-state index in [2.05, 4.69) is 120 Å². The summed E-state index contributed by atoms with van der Waals surface area (Å²) in [6.45, 7) is 9.36. The fourth-order valence-electron chi connectivity index (χ4n) is 4.20. The fraction of sp³-hybridized carbons (Fsp3) is 0.750. The highest BCUT2D eigenvalue weighted by Crippen LogP contribution is 2.69. The zero-order valence-corrected chi connectivity index (χ0v) is 26.5. The first kappa shape index (κ1) is 26.7. The second kappa shape index (κ2) is 12.2. The van der Waals surface area contributed by atoms with Crippen LogP contribution in [0.5, 0.6) is 0 Å². The van der Waals surface area contributed by atoms with E-state index in [1.165, 1.54) is 77.0 Å². The summed E-state index contributed by atoms with van der Waals surface area (Å²) >= 11 is 14.3. The maximum Gasteiger partial charge on any atom is 0.0706 e. The number of halogens is 2. The topological polar surface area (TPSA) is 0 Å². The molecule has 30 heavy (non-hydrogen) atoms. The van der Waals surface area contributed by atoms with Crippen LogP contribution in [0.25, 0.3) is 0 Å². The van der Waals surface area contributed by atoms with Crippen molar-refractivity contribution >= 4 is 92.2 Å². The van der Waals surface area contributed by atoms with Gasteiger partial charge in [0, 0.05) is 26.7 Å². The number of unbranched alkanes of at least 4 members (excludes halogenated alkanes) is 4. The van der Waals surface area contributed by atoms with Gasteiger partial charge in [0.1, 0.15) is 0 Å². The van der Waals surface area contributed by atoms with Crippen LogP contribution in [0.15, 0.2) is 19.6 Å². The first-order chi connectivity index (χ1) is 14.4. The lowest BCUT2D eigenvalue weighted by Crippen LogP contribution is -2.17. The summed E-state index contributed by atoms with van der Waals surface area (Å²) in [7, 11) is 0. The van der Waals surface area contributed by atoms with Crippen molar-refractivity contribution in [3.8, 4) is 0 Å². The predicted octanol–water partition coefficient (Wildman–Crippen LogP) is 11.4. The van der Waals surface area contributed by atoms with Gasteiger partial charge in [0.15, 0.2) is 0 Å². The second-order valence-electron chi connectivity index (χ2n) is 8.59. The van der Waals surface area contributed by atoms with Crippen LogP contribution in [0.3, 0.4) is 0 Å². The van der Waals surface area contributed by atoms with Crippen LogP contribution in [0.2, 0.25) is 0 Å². The number of rotatable bonds is 12. The molecule has 1 aromatic carbocycles. The molecule has 170 valence electrons. The molecule has 3 rings (SSSR count). The highest BCUT2D eigenvalue weighted by atomic mass is 127. The standard InChI is InChI=1S/C24H36I2S4/c1-5-9-13-23(14-10-6-2)27-19-17(25)21-22(18(26)20(19)28-23)30-24(29-21,15-11-7-3)16-12-8-4/h5-16H2,1-4H3. The van der Waals surface area contributed by atoms with Gasteiger partial charge in [-0.3, -0.25) is 0 Å². The molecular formula is C24H36I2S4. The minimum absolute atomic E-state index is 0.375. The van der Waals surface area contributed by atoms with Gasteiger partial charge in [-0.25, -0.2) is 0 Å². The van der Waals surface area contributed by atoms with E-state index in [4.69, 9.17) is 0 Å². The molecule has 0 radical (unpaired) electrons. The third-order valence-corrected chi connectivity index (χ3v) is 16.5. The molecule has 2 heterocycles. The Kier molecular flexibility index (Phi) is 10.8. The van der Waals surface area contributed by atoms with E-state index in [0.717, 1.165) is 0 Å². The maximum absolute atomic E-state index is 2.70.